The van der Waals surface area contributed by atoms with Gasteiger partial charge in [0.1, 0.15) is 22.7 Å². The second-order valence-corrected chi connectivity index (χ2v) is 16.5. The molecule has 2 atom stereocenters. The Morgan fingerprint density at radius 2 is 1.54 bits per heavy atom. The van der Waals surface area contributed by atoms with Gasteiger partial charge in [-0.3, -0.25) is 9.98 Å². The largest absolute Gasteiger partial charge is 2.00 e. The van der Waals surface area contributed by atoms with E-state index in [0.29, 0.717) is 11.7 Å². The van der Waals surface area contributed by atoms with Gasteiger partial charge in [0.2, 0.25) is 0 Å². The third-order valence-electron chi connectivity index (χ3n) is 12.2. The van der Waals surface area contributed by atoms with Crippen LogP contribution in [0.2, 0.25) is 0 Å². The van der Waals surface area contributed by atoms with Crippen LogP contribution in [0.1, 0.15) is 73.6 Å². The summed E-state index contributed by atoms with van der Waals surface area (Å²) in [5, 5.41) is 4.55. The van der Waals surface area contributed by atoms with Gasteiger partial charge in [-0.1, -0.05) is 67.9 Å². The fourth-order valence-corrected chi connectivity index (χ4v) is 8.79. The normalized spacial score (nSPS) is 19.3. The summed E-state index contributed by atoms with van der Waals surface area (Å²) >= 11 is 0. The van der Waals surface area contributed by atoms with Crippen molar-refractivity contribution in [1.29, 1.82) is 0 Å². The Labute approximate surface area is 330 Å². The number of benzene rings is 4. The third-order valence-corrected chi connectivity index (χ3v) is 12.2. The summed E-state index contributed by atoms with van der Waals surface area (Å²) in [5.74, 6) is 1.27. The van der Waals surface area contributed by atoms with E-state index >= 15 is 0 Å². The predicted molar refractivity (Wildman–Crippen MR) is 215 cm³/mol. The van der Waals surface area contributed by atoms with Gasteiger partial charge in [-0.25, -0.2) is 4.98 Å². The van der Waals surface area contributed by atoms with Crippen LogP contribution in [0.3, 0.4) is 0 Å². The van der Waals surface area contributed by atoms with E-state index in [1.165, 1.54) is 38.8 Å². The molecule has 270 valence electrons. The molecule has 7 heteroatoms. The molecule has 1 aliphatic heterocycles. The summed E-state index contributed by atoms with van der Waals surface area (Å²) in [6.07, 6.45) is 4.53. The molecule has 0 radical (unpaired) electrons. The average molecular weight is 887 g/mol. The molecule has 0 saturated carbocycles. The van der Waals surface area contributed by atoms with Crippen molar-refractivity contribution in [3.05, 3.63) is 142 Å². The first kappa shape index (κ1) is 34.7. The van der Waals surface area contributed by atoms with E-state index in [1.807, 2.05) is 24.5 Å². The maximum absolute atomic E-state index is 6.85. The summed E-state index contributed by atoms with van der Waals surface area (Å²) < 4.78 is 11.3. The molecule has 5 heterocycles. The van der Waals surface area contributed by atoms with Crippen molar-refractivity contribution in [3.63, 3.8) is 0 Å². The minimum atomic E-state index is -0.496. The topological polar surface area (TPSA) is 57.2 Å². The molecule has 6 nitrogen and oxygen atoms in total. The number of rotatable bonds is 3. The van der Waals surface area contributed by atoms with Crippen LogP contribution in [0.5, 0.6) is 0 Å². The molecule has 0 saturated heterocycles. The summed E-state index contributed by atoms with van der Waals surface area (Å²) in [5.41, 5.74) is 12.5. The van der Waals surface area contributed by atoms with E-state index in [0.717, 1.165) is 56.0 Å². The van der Waals surface area contributed by atoms with Crippen molar-refractivity contribution in [2.75, 3.05) is 0 Å². The number of aromatic nitrogens is 4. The van der Waals surface area contributed by atoms with Crippen molar-refractivity contribution in [1.82, 2.24) is 19.1 Å². The van der Waals surface area contributed by atoms with Crippen LogP contribution in [0.4, 0.5) is 0 Å². The van der Waals surface area contributed by atoms with Crippen LogP contribution in [0, 0.1) is 32.9 Å². The molecule has 4 aromatic carbocycles. The van der Waals surface area contributed by atoms with Crippen molar-refractivity contribution < 1.29 is 25.8 Å². The van der Waals surface area contributed by atoms with Crippen molar-refractivity contribution in [2.45, 2.75) is 78.4 Å². The van der Waals surface area contributed by atoms with E-state index in [-0.39, 0.29) is 26.5 Å². The molecule has 0 amide bonds. The molecule has 0 unspecified atom stereocenters. The molecule has 0 spiro atoms. The van der Waals surface area contributed by atoms with Crippen LogP contribution < -0.4 is 0 Å². The maximum Gasteiger partial charge on any atom is 2.00 e. The molecule has 4 aromatic heterocycles. The molecule has 54 heavy (non-hydrogen) atoms. The summed E-state index contributed by atoms with van der Waals surface area (Å²) in [6, 6.07) is 35.8. The van der Waals surface area contributed by atoms with Crippen molar-refractivity contribution in [3.8, 4) is 11.5 Å². The molecule has 1 aliphatic carbocycles. The average Bonchev–Trinajstić information content (AvgIpc) is 3.79. The molecule has 0 fully saturated rings. The van der Waals surface area contributed by atoms with Gasteiger partial charge >= 0.3 is 21.1 Å². The Morgan fingerprint density at radius 1 is 0.759 bits per heavy atom. The first-order chi connectivity index (χ1) is 25.3. The van der Waals surface area contributed by atoms with Crippen LogP contribution in [0.25, 0.3) is 55.2 Å². The van der Waals surface area contributed by atoms with E-state index in [4.69, 9.17) is 19.7 Å². The zero-order chi connectivity index (χ0) is 36.6. The number of hydrogen-bond donors (Lipinski definition) is 0. The molecular formula is C47H41N5OPt. The predicted octanol–water partition coefficient (Wildman–Crippen LogP) is 10.5. The molecule has 0 bridgehead atoms. The quantitative estimate of drug-likeness (QED) is 0.166. The Kier molecular flexibility index (Phi) is 7.53. The number of pyridine rings is 2. The first-order valence-electron chi connectivity index (χ1n) is 18.5. The number of aryl methyl sites for hydroxylation is 2. The summed E-state index contributed by atoms with van der Waals surface area (Å²) in [6.45, 7) is 17.7. The van der Waals surface area contributed by atoms with Gasteiger partial charge in [0.05, 0.1) is 11.3 Å². The number of hydrogen-bond acceptors (Lipinski definition) is 4. The maximum atomic E-state index is 6.85. The van der Waals surface area contributed by atoms with Gasteiger partial charge in [0.25, 0.3) is 0 Å². The first-order valence-corrected chi connectivity index (χ1v) is 18.5. The van der Waals surface area contributed by atoms with Crippen LogP contribution in [-0.2, 0) is 43.2 Å². The zero-order valence-corrected chi connectivity index (χ0v) is 34.1. The number of ether oxygens (including phenoxy) is 1. The Hall–Kier alpha value is -5.06. The van der Waals surface area contributed by atoms with Gasteiger partial charge in [0.15, 0.2) is 0 Å². The van der Waals surface area contributed by atoms with Crippen molar-refractivity contribution in [2.24, 2.45) is 4.99 Å². The standard InChI is InChI=1S/C47H41N5O.Pt/c1-27-11-17-40-35(22-27)33-15-14-32(51-39-18-13-31(45(4,5)6)24-36(39)34-10-9-20-49-43(34)51)25-41(33)52(40)42-23-30(19-21-48-42)44-50-47(8)38-16-12-28(2)29(3)37(38)26-46(47,7)53-44;/h9-22,24H,26H2,1-8H3;/q-2;+2/t46-,47+;/m0./s1. The fraction of sp³-hybridized carbons (Fsp3) is 0.255. The molecule has 2 aliphatic rings. The van der Waals surface area contributed by atoms with Gasteiger partial charge < -0.3 is 13.9 Å². The Morgan fingerprint density at radius 3 is 2.35 bits per heavy atom. The van der Waals surface area contributed by atoms with Crippen LogP contribution >= 0.6 is 0 Å². The van der Waals surface area contributed by atoms with E-state index in [9.17, 15) is 0 Å². The Bertz CT molecular complexity index is 2910. The zero-order valence-electron chi connectivity index (χ0n) is 31.8. The summed E-state index contributed by atoms with van der Waals surface area (Å²) in [4.78, 5) is 15.2. The van der Waals surface area contributed by atoms with Crippen LogP contribution in [0.15, 0.2) is 96.2 Å². The number of fused-ring (bicyclic) bond motifs is 9. The molecule has 10 rings (SSSR count). The minimum Gasteiger partial charge on any atom is -0.526 e. The van der Waals surface area contributed by atoms with Gasteiger partial charge in [-0.05, 0) is 110 Å². The van der Waals surface area contributed by atoms with Crippen molar-refractivity contribution >= 4 is 49.6 Å². The van der Waals surface area contributed by atoms with Gasteiger partial charge in [-0.2, -0.15) is 6.07 Å². The third kappa shape index (κ3) is 4.78. The molecule has 0 N–H and O–H groups in total. The van der Waals surface area contributed by atoms with Crippen LogP contribution in [-0.4, -0.2) is 30.6 Å². The van der Waals surface area contributed by atoms with Gasteiger partial charge in [0, 0.05) is 28.9 Å². The number of aliphatic imine (C=N–C) groups is 1. The second kappa shape index (κ2) is 11.7. The SMILES string of the molecule is Cc1ccc2c(c1)c1ccc(-n3c4ccc(C(C)(C)C)cc4c4cccnc43)[c-]c1n2-c1[c-]c(C2=N[C@]3(C)c4ccc(C)c(C)c4C[C@]3(C)O2)ccn1.[Pt+2]. The molecular weight excluding hydrogens is 846 g/mol. The molecule has 8 aromatic rings. The summed E-state index contributed by atoms with van der Waals surface area (Å²) in [7, 11) is 0. The van der Waals surface area contributed by atoms with E-state index in [2.05, 4.69) is 143 Å². The minimum absolute atomic E-state index is 0. The second-order valence-electron chi connectivity index (χ2n) is 16.5. The monoisotopic (exact) mass is 886 g/mol. The number of nitrogens with zero attached hydrogens (tertiary/aromatic N) is 5. The fourth-order valence-electron chi connectivity index (χ4n) is 8.79. The smallest absolute Gasteiger partial charge is 0.526 e. The Balaban J connectivity index is 0.00000384. The van der Waals surface area contributed by atoms with E-state index in [1.54, 1.807) is 0 Å². The van der Waals surface area contributed by atoms with E-state index < -0.39 is 11.1 Å². The van der Waals surface area contributed by atoms with Gasteiger partial charge in [-0.15, -0.1) is 35.2 Å².